The maximum Gasteiger partial charge on any atom is 0.119 e. The molecule has 6 nitrogen and oxygen atoms in total. The molecule has 4 aromatic rings. The van der Waals surface area contributed by atoms with Crippen molar-refractivity contribution in [1.82, 2.24) is 15.3 Å². The number of anilines is 1. The number of rotatable bonds is 14. The molecule has 1 aliphatic rings. The number of nitrogens with one attached hydrogen (secondary N) is 3. The number of hydrogen-bond donors (Lipinski definition) is 4. The van der Waals surface area contributed by atoms with Crippen LogP contribution in [0.5, 0.6) is 5.75 Å². The first-order chi connectivity index (χ1) is 19.2. The molecule has 0 amide bonds. The number of fused-ring (bicyclic) bond motifs is 3. The van der Waals surface area contributed by atoms with Crippen LogP contribution in [0.25, 0.3) is 21.8 Å². The minimum atomic E-state index is 0. The summed E-state index contributed by atoms with van der Waals surface area (Å²) in [5, 5.41) is 10.2. The van der Waals surface area contributed by atoms with Crippen LogP contribution in [-0.2, 0) is 19.3 Å². The van der Waals surface area contributed by atoms with Crippen molar-refractivity contribution >= 4 is 52.3 Å². The van der Waals surface area contributed by atoms with Crippen LogP contribution in [-0.4, -0.2) is 42.3 Å². The van der Waals surface area contributed by atoms with Crippen molar-refractivity contribution in [1.29, 1.82) is 0 Å². The smallest absolute Gasteiger partial charge is 0.119 e. The van der Waals surface area contributed by atoms with E-state index in [9.17, 15) is 0 Å². The Hall–Kier alpha value is -2.51. The second-order valence-corrected chi connectivity index (χ2v) is 11.2. The zero-order valence-electron chi connectivity index (χ0n) is 24.5. The summed E-state index contributed by atoms with van der Waals surface area (Å²) < 4.78 is 5.60. The number of para-hydroxylation sites is 1. The topological polar surface area (TPSA) is 88.0 Å². The van der Waals surface area contributed by atoms with Gasteiger partial charge in [-0.25, -0.2) is 0 Å². The minimum Gasteiger partial charge on any atom is -0.497 e. The molecule has 8 heteroatoms. The van der Waals surface area contributed by atoms with Crippen LogP contribution in [0.1, 0.15) is 68.7 Å². The van der Waals surface area contributed by atoms with Gasteiger partial charge in [0.2, 0.25) is 0 Å². The van der Waals surface area contributed by atoms with E-state index in [4.69, 9.17) is 15.5 Å². The number of halogens is 2. The lowest BCUT2D eigenvalue weighted by Gasteiger charge is -2.27. The van der Waals surface area contributed by atoms with E-state index in [2.05, 4.69) is 65.1 Å². The first kappa shape index (κ1) is 33.0. The third-order valence-electron chi connectivity index (χ3n) is 8.18. The van der Waals surface area contributed by atoms with Gasteiger partial charge in [0.25, 0.3) is 0 Å². The molecule has 0 saturated heterocycles. The number of aryl methyl sites for hydroxylation is 1. The number of aromatic amines is 1. The average molecular weight is 601 g/mol. The fourth-order valence-corrected chi connectivity index (χ4v) is 6.04. The summed E-state index contributed by atoms with van der Waals surface area (Å²) in [6.45, 7) is 3.95. The first-order valence-corrected chi connectivity index (χ1v) is 14.9. The number of pyridine rings is 1. The van der Waals surface area contributed by atoms with Crippen molar-refractivity contribution in [3.05, 3.63) is 65.5 Å². The predicted molar refractivity (Wildman–Crippen MR) is 178 cm³/mol. The molecule has 224 valence electrons. The number of nitrogens with two attached hydrogens (primary N) is 1. The van der Waals surface area contributed by atoms with Crippen molar-refractivity contribution in [2.24, 2.45) is 5.73 Å². The lowest BCUT2D eigenvalue weighted by molar-refractivity contribution is 0.415. The van der Waals surface area contributed by atoms with Crippen molar-refractivity contribution in [3.8, 4) is 5.75 Å². The van der Waals surface area contributed by atoms with Crippen molar-refractivity contribution in [3.63, 3.8) is 0 Å². The molecule has 2 heterocycles. The number of H-pyrrole nitrogens is 1. The van der Waals surface area contributed by atoms with Crippen LogP contribution < -0.4 is 21.1 Å². The molecule has 2 aromatic heterocycles. The lowest BCUT2D eigenvalue weighted by Crippen LogP contribution is -2.41. The summed E-state index contributed by atoms with van der Waals surface area (Å²) in [5.41, 5.74) is 14.1. The molecule has 1 aliphatic carbocycles. The van der Waals surface area contributed by atoms with Crippen LogP contribution in [0, 0.1) is 0 Å². The largest absolute Gasteiger partial charge is 0.497 e. The highest BCUT2D eigenvalue weighted by molar-refractivity contribution is 5.94. The SMILES string of the molecule is CCCCCCC(CNCC(N)Cc1c[nH]c2ccccc12)Nc1c2c(nc3ccc(OC)cc13)CCCC2.Cl.Cl. The number of hydrogen-bond acceptors (Lipinski definition) is 5. The third kappa shape index (κ3) is 8.29. The van der Waals surface area contributed by atoms with E-state index in [-0.39, 0.29) is 30.9 Å². The van der Waals surface area contributed by atoms with Gasteiger partial charge < -0.3 is 26.1 Å². The average Bonchev–Trinajstić information content (AvgIpc) is 3.37. The highest BCUT2D eigenvalue weighted by Gasteiger charge is 2.21. The van der Waals surface area contributed by atoms with Gasteiger partial charge >= 0.3 is 0 Å². The van der Waals surface area contributed by atoms with Crippen molar-refractivity contribution < 1.29 is 4.74 Å². The quantitative estimate of drug-likeness (QED) is 0.114. The van der Waals surface area contributed by atoms with Crippen molar-refractivity contribution in [2.75, 3.05) is 25.5 Å². The molecule has 0 bridgehead atoms. The van der Waals surface area contributed by atoms with E-state index in [1.165, 1.54) is 77.3 Å². The molecule has 2 aromatic carbocycles. The zero-order chi connectivity index (χ0) is 27.0. The Labute approximate surface area is 257 Å². The van der Waals surface area contributed by atoms with Crippen LogP contribution in [0.2, 0.25) is 0 Å². The molecule has 5 rings (SSSR count). The van der Waals surface area contributed by atoms with Gasteiger partial charge in [-0.3, -0.25) is 4.98 Å². The molecule has 41 heavy (non-hydrogen) atoms. The van der Waals surface area contributed by atoms with Gasteiger partial charge in [0, 0.05) is 59.0 Å². The number of ether oxygens (including phenoxy) is 1. The lowest BCUT2D eigenvalue weighted by atomic mass is 9.92. The Morgan fingerprint density at radius 3 is 2.66 bits per heavy atom. The van der Waals surface area contributed by atoms with Gasteiger partial charge in [0.1, 0.15) is 5.75 Å². The molecule has 5 N–H and O–H groups in total. The van der Waals surface area contributed by atoms with Crippen LogP contribution >= 0.6 is 24.8 Å². The van der Waals surface area contributed by atoms with E-state index >= 15 is 0 Å². The van der Waals surface area contributed by atoms with Gasteiger partial charge in [-0.15, -0.1) is 24.8 Å². The fourth-order valence-electron chi connectivity index (χ4n) is 6.04. The molecule has 0 aliphatic heterocycles. The summed E-state index contributed by atoms with van der Waals surface area (Å²) in [4.78, 5) is 8.43. The number of methoxy groups -OCH3 is 1. The summed E-state index contributed by atoms with van der Waals surface area (Å²) in [7, 11) is 1.74. The Morgan fingerprint density at radius 2 is 1.83 bits per heavy atom. The summed E-state index contributed by atoms with van der Waals surface area (Å²) in [6, 6.07) is 15.1. The van der Waals surface area contributed by atoms with Crippen LogP contribution in [0.4, 0.5) is 5.69 Å². The van der Waals surface area contributed by atoms with Crippen molar-refractivity contribution in [2.45, 2.75) is 83.2 Å². The van der Waals surface area contributed by atoms with E-state index in [0.717, 1.165) is 50.0 Å². The molecule has 0 spiro atoms. The van der Waals surface area contributed by atoms with Gasteiger partial charge in [0.05, 0.1) is 12.6 Å². The molecular weight excluding hydrogens is 553 g/mol. The normalized spacial score (nSPS) is 14.1. The fraction of sp³-hybridized carbons (Fsp3) is 0.485. The number of nitrogens with zero attached hydrogens (tertiary/aromatic N) is 1. The highest BCUT2D eigenvalue weighted by Crippen LogP contribution is 2.35. The molecule has 2 atom stereocenters. The second-order valence-electron chi connectivity index (χ2n) is 11.2. The molecule has 2 unspecified atom stereocenters. The van der Waals surface area contributed by atoms with E-state index < -0.39 is 0 Å². The maximum absolute atomic E-state index is 6.61. The van der Waals surface area contributed by atoms with Gasteiger partial charge in [0.15, 0.2) is 0 Å². The molecular formula is C33H47Cl2N5O. The Balaban J connectivity index is 0.00000231. The standard InChI is InChI=1S/C33H45N5O.2ClH/c1-3-4-5-6-11-25(22-35-21-24(34)18-23-20-36-30-14-9-7-12-27(23)30)37-33-28-13-8-10-15-31(28)38-32-17-16-26(39-2)19-29(32)33;;/h7,9,12,14,16-17,19-20,24-25,35-36H,3-6,8,10-11,13,15,18,21-22,34H2,1-2H3,(H,37,38);2*1H. The summed E-state index contributed by atoms with van der Waals surface area (Å²) >= 11 is 0. The zero-order valence-corrected chi connectivity index (χ0v) is 26.1. The second kappa shape index (κ2) is 16.2. The molecule has 0 fully saturated rings. The van der Waals surface area contributed by atoms with Crippen LogP contribution in [0.3, 0.4) is 0 Å². The Morgan fingerprint density at radius 1 is 1.00 bits per heavy atom. The van der Waals surface area contributed by atoms with Crippen LogP contribution in [0.15, 0.2) is 48.7 Å². The molecule has 0 saturated carbocycles. The third-order valence-corrected chi connectivity index (χ3v) is 8.18. The van der Waals surface area contributed by atoms with E-state index in [1.54, 1.807) is 7.11 Å². The Bertz CT molecular complexity index is 1370. The summed E-state index contributed by atoms with van der Waals surface area (Å²) in [5.74, 6) is 0.879. The number of aromatic nitrogens is 2. The van der Waals surface area contributed by atoms with Gasteiger partial charge in [-0.2, -0.15) is 0 Å². The van der Waals surface area contributed by atoms with E-state index in [0.29, 0.717) is 6.04 Å². The first-order valence-electron chi connectivity index (χ1n) is 14.9. The number of benzene rings is 2. The molecule has 0 radical (unpaired) electrons. The minimum absolute atomic E-state index is 0. The van der Waals surface area contributed by atoms with Gasteiger partial charge in [-0.05, 0) is 73.9 Å². The number of unbranched alkanes of at least 4 members (excludes halogenated alkanes) is 3. The predicted octanol–water partition coefficient (Wildman–Crippen LogP) is 7.36. The maximum atomic E-state index is 6.61. The summed E-state index contributed by atoms with van der Waals surface area (Å²) in [6.07, 6.45) is 13.7. The van der Waals surface area contributed by atoms with Gasteiger partial charge in [-0.1, -0.05) is 50.8 Å². The van der Waals surface area contributed by atoms with E-state index in [1.807, 2.05) is 6.07 Å². The highest BCUT2D eigenvalue weighted by atomic mass is 35.5. The Kier molecular flexibility index (Phi) is 13.0. The monoisotopic (exact) mass is 599 g/mol.